The lowest BCUT2D eigenvalue weighted by Gasteiger charge is -2.17. The Hall–Kier alpha value is -1.89. The summed E-state index contributed by atoms with van der Waals surface area (Å²) < 4.78 is 0. The van der Waals surface area contributed by atoms with Gasteiger partial charge in [-0.3, -0.25) is 14.4 Å². The molecule has 1 aliphatic carbocycles. The molecule has 0 saturated heterocycles. The molecule has 1 unspecified atom stereocenters. The van der Waals surface area contributed by atoms with Crippen molar-refractivity contribution in [1.82, 2.24) is 10.6 Å². The molecule has 2 rings (SSSR count). The molecule has 0 bridgehead atoms. The van der Waals surface area contributed by atoms with Crippen molar-refractivity contribution < 1.29 is 19.5 Å². The summed E-state index contributed by atoms with van der Waals surface area (Å²) in [6.45, 7) is 1.56. The van der Waals surface area contributed by atoms with Gasteiger partial charge in [-0.1, -0.05) is 6.07 Å². The highest BCUT2D eigenvalue weighted by Gasteiger charge is 2.50. The molecule has 114 valence electrons. The standard InChI is InChI=1S/C14H18N2O4S/c1-9(17)16-10(11-3-2-6-21-11)7-12(18)15-8-14(4-5-14)13(19)20/h2-3,6,10H,4-5,7-8H2,1H3,(H,15,18)(H,16,17)(H,19,20). The Kier molecular flexibility index (Phi) is 4.62. The van der Waals surface area contributed by atoms with Crippen LogP contribution in [0.5, 0.6) is 0 Å². The Labute approximate surface area is 126 Å². The van der Waals surface area contributed by atoms with Crippen LogP contribution in [0.2, 0.25) is 0 Å². The van der Waals surface area contributed by atoms with Crippen molar-refractivity contribution in [2.45, 2.75) is 32.2 Å². The Morgan fingerprint density at radius 3 is 2.62 bits per heavy atom. The predicted octanol–water partition coefficient (Wildman–Crippen LogP) is 1.30. The van der Waals surface area contributed by atoms with Gasteiger partial charge in [-0.05, 0) is 24.3 Å². The molecule has 1 aromatic rings. The summed E-state index contributed by atoms with van der Waals surface area (Å²) in [5, 5.41) is 16.4. The highest BCUT2D eigenvalue weighted by molar-refractivity contribution is 7.10. The number of amides is 2. The van der Waals surface area contributed by atoms with E-state index in [2.05, 4.69) is 10.6 Å². The Morgan fingerprint density at radius 2 is 2.14 bits per heavy atom. The summed E-state index contributed by atoms with van der Waals surface area (Å²) in [6, 6.07) is 3.34. The molecule has 1 aliphatic rings. The maximum absolute atomic E-state index is 12.0. The SMILES string of the molecule is CC(=O)NC(CC(=O)NCC1(C(=O)O)CC1)c1cccs1. The van der Waals surface area contributed by atoms with Gasteiger partial charge in [-0.2, -0.15) is 0 Å². The molecule has 21 heavy (non-hydrogen) atoms. The average molecular weight is 310 g/mol. The third kappa shape index (κ3) is 4.04. The van der Waals surface area contributed by atoms with Gasteiger partial charge < -0.3 is 15.7 Å². The number of thiophene rings is 1. The van der Waals surface area contributed by atoms with E-state index in [1.807, 2.05) is 17.5 Å². The minimum atomic E-state index is -0.862. The summed E-state index contributed by atoms with van der Waals surface area (Å²) in [6.07, 6.45) is 1.31. The molecular formula is C14H18N2O4S. The number of hydrogen-bond acceptors (Lipinski definition) is 4. The lowest BCUT2D eigenvalue weighted by atomic mass is 10.1. The molecule has 1 fully saturated rings. The maximum Gasteiger partial charge on any atom is 0.311 e. The lowest BCUT2D eigenvalue weighted by Crippen LogP contribution is -2.37. The summed E-state index contributed by atoms with van der Waals surface area (Å²) in [5.74, 6) is -1.32. The first-order valence-corrected chi connectivity index (χ1v) is 7.61. The Morgan fingerprint density at radius 1 is 1.43 bits per heavy atom. The molecule has 0 radical (unpaired) electrons. The van der Waals surface area contributed by atoms with Gasteiger partial charge in [0, 0.05) is 18.3 Å². The third-order valence-corrected chi connectivity index (χ3v) is 4.57. The van der Waals surface area contributed by atoms with Crippen molar-refractivity contribution in [2.75, 3.05) is 6.54 Å². The van der Waals surface area contributed by atoms with Gasteiger partial charge in [0.05, 0.1) is 17.9 Å². The van der Waals surface area contributed by atoms with Crippen molar-refractivity contribution in [3.05, 3.63) is 22.4 Å². The molecule has 0 spiro atoms. The summed E-state index contributed by atoms with van der Waals surface area (Å²) in [7, 11) is 0. The van der Waals surface area contributed by atoms with Crippen molar-refractivity contribution in [1.29, 1.82) is 0 Å². The second-order valence-electron chi connectivity index (χ2n) is 5.33. The van der Waals surface area contributed by atoms with Crippen LogP contribution in [0.15, 0.2) is 17.5 Å². The molecule has 6 nitrogen and oxygen atoms in total. The minimum Gasteiger partial charge on any atom is -0.481 e. The number of carboxylic acids is 1. The van der Waals surface area contributed by atoms with Crippen LogP contribution < -0.4 is 10.6 Å². The fourth-order valence-corrected chi connectivity index (χ4v) is 2.88. The van der Waals surface area contributed by atoms with E-state index >= 15 is 0 Å². The number of carbonyl (C=O) groups is 3. The van der Waals surface area contributed by atoms with Crippen LogP contribution in [0.4, 0.5) is 0 Å². The fraction of sp³-hybridized carbons (Fsp3) is 0.500. The quantitative estimate of drug-likeness (QED) is 0.707. The molecule has 2 amide bonds. The first-order valence-electron chi connectivity index (χ1n) is 6.73. The predicted molar refractivity (Wildman–Crippen MR) is 77.8 cm³/mol. The van der Waals surface area contributed by atoms with Crippen LogP contribution in [0, 0.1) is 5.41 Å². The first-order chi connectivity index (χ1) is 9.93. The molecule has 0 aromatic carbocycles. The zero-order chi connectivity index (χ0) is 15.5. The van der Waals surface area contributed by atoms with Crippen LogP contribution in [-0.4, -0.2) is 29.4 Å². The van der Waals surface area contributed by atoms with Gasteiger partial charge in [0.2, 0.25) is 11.8 Å². The van der Waals surface area contributed by atoms with Crippen LogP contribution in [0.1, 0.15) is 37.1 Å². The molecule has 1 atom stereocenters. The van der Waals surface area contributed by atoms with Gasteiger partial charge in [0.15, 0.2) is 0 Å². The normalized spacial score (nSPS) is 16.8. The van der Waals surface area contributed by atoms with Gasteiger partial charge in [0.1, 0.15) is 0 Å². The van der Waals surface area contributed by atoms with Crippen molar-refractivity contribution in [2.24, 2.45) is 5.41 Å². The van der Waals surface area contributed by atoms with E-state index in [0.29, 0.717) is 12.8 Å². The van der Waals surface area contributed by atoms with E-state index in [0.717, 1.165) is 4.88 Å². The van der Waals surface area contributed by atoms with E-state index in [4.69, 9.17) is 5.11 Å². The lowest BCUT2D eigenvalue weighted by molar-refractivity contribution is -0.143. The van der Waals surface area contributed by atoms with E-state index in [1.165, 1.54) is 18.3 Å². The number of aliphatic carboxylic acids is 1. The Balaban J connectivity index is 1.89. The smallest absolute Gasteiger partial charge is 0.311 e. The van der Waals surface area contributed by atoms with Gasteiger partial charge in [-0.25, -0.2) is 0 Å². The summed E-state index contributed by atoms with van der Waals surface area (Å²) >= 11 is 1.47. The van der Waals surface area contributed by atoms with Gasteiger partial charge in [-0.15, -0.1) is 11.3 Å². The average Bonchev–Trinajstić information content (AvgIpc) is 3.01. The maximum atomic E-state index is 12.0. The van der Waals surface area contributed by atoms with Gasteiger partial charge >= 0.3 is 5.97 Å². The topological polar surface area (TPSA) is 95.5 Å². The molecule has 0 aliphatic heterocycles. The largest absolute Gasteiger partial charge is 0.481 e. The molecule has 1 aromatic heterocycles. The van der Waals surface area contributed by atoms with E-state index in [1.54, 1.807) is 0 Å². The zero-order valence-electron chi connectivity index (χ0n) is 11.7. The number of hydrogen-bond donors (Lipinski definition) is 3. The minimum absolute atomic E-state index is 0.107. The second-order valence-corrected chi connectivity index (χ2v) is 6.31. The molecular weight excluding hydrogens is 292 g/mol. The molecule has 1 saturated carbocycles. The van der Waals surface area contributed by atoms with Crippen LogP contribution in [0.3, 0.4) is 0 Å². The van der Waals surface area contributed by atoms with Crippen LogP contribution in [-0.2, 0) is 14.4 Å². The monoisotopic (exact) mass is 310 g/mol. The fourth-order valence-electron chi connectivity index (χ4n) is 2.10. The van der Waals surface area contributed by atoms with E-state index in [9.17, 15) is 14.4 Å². The second kappa shape index (κ2) is 6.26. The number of carbonyl (C=O) groups excluding carboxylic acids is 2. The van der Waals surface area contributed by atoms with Gasteiger partial charge in [0.25, 0.3) is 0 Å². The summed E-state index contributed by atoms with van der Waals surface area (Å²) in [5.41, 5.74) is -0.776. The van der Waals surface area contributed by atoms with Crippen molar-refractivity contribution >= 4 is 29.1 Å². The molecule has 1 heterocycles. The van der Waals surface area contributed by atoms with Crippen molar-refractivity contribution in [3.63, 3.8) is 0 Å². The third-order valence-electron chi connectivity index (χ3n) is 3.58. The Bertz CT molecular complexity index is 537. The van der Waals surface area contributed by atoms with E-state index in [-0.39, 0.29) is 30.8 Å². The summed E-state index contributed by atoms with van der Waals surface area (Å²) in [4.78, 5) is 35.2. The molecule has 3 N–H and O–H groups in total. The zero-order valence-corrected chi connectivity index (χ0v) is 12.5. The van der Waals surface area contributed by atoms with E-state index < -0.39 is 11.4 Å². The number of nitrogens with one attached hydrogen (secondary N) is 2. The van der Waals surface area contributed by atoms with Crippen LogP contribution in [0.25, 0.3) is 0 Å². The van der Waals surface area contributed by atoms with Crippen molar-refractivity contribution in [3.8, 4) is 0 Å². The highest BCUT2D eigenvalue weighted by atomic mass is 32.1. The highest BCUT2D eigenvalue weighted by Crippen LogP contribution is 2.45. The number of rotatable bonds is 7. The molecule has 7 heteroatoms. The van der Waals surface area contributed by atoms with Crippen LogP contribution >= 0.6 is 11.3 Å². The number of carboxylic acid groups (broad SMARTS) is 1. The first kappa shape index (κ1) is 15.5.